The number of imidazole rings is 1. The molecule has 0 saturated carbocycles. The van der Waals surface area contributed by atoms with E-state index in [1.807, 2.05) is 49.0 Å². The number of hydrogen-bond donors (Lipinski definition) is 2. The Kier molecular flexibility index (Phi) is 3.48. The van der Waals surface area contributed by atoms with Gasteiger partial charge in [-0.3, -0.25) is 4.79 Å². The summed E-state index contributed by atoms with van der Waals surface area (Å²) in [5.41, 5.74) is 1.74. The molecule has 0 bridgehead atoms. The van der Waals surface area contributed by atoms with E-state index in [2.05, 4.69) is 15.3 Å². The van der Waals surface area contributed by atoms with Gasteiger partial charge >= 0.3 is 0 Å². The van der Waals surface area contributed by atoms with Crippen LogP contribution in [0.2, 0.25) is 0 Å². The average molecular weight is 282 g/mol. The smallest absolute Gasteiger partial charge is 0.254 e. The van der Waals surface area contributed by atoms with Gasteiger partial charge in [0.15, 0.2) is 0 Å². The van der Waals surface area contributed by atoms with Crippen LogP contribution in [0.15, 0.2) is 42.9 Å². The first kappa shape index (κ1) is 13.4. The summed E-state index contributed by atoms with van der Waals surface area (Å²) in [5.74, 6) is 0.709. The molecule has 1 atom stereocenters. The summed E-state index contributed by atoms with van der Waals surface area (Å²) in [5, 5.41) is 4.01. The fourth-order valence-corrected chi connectivity index (χ4v) is 2.59. The van der Waals surface area contributed by atoms with Gasteiger partial charge in [-0.25, -0.2) is 4.98 Å². The first-order valence-corrected chi connectivity index (χ1v) is 7.05. The topological polar surface area (TPSA) is 62.7 Å². The van der Waals surface area contributed by atoms with Crippen molar-refractivity contribution in [2.45, 2.75) is 19.4 Å². The highest BCUT2D eigenvalue weighted by atomic mass is 16.1. The molecule has 1 aromatic carbocycles. The number of para-hydroxylation sites is 1. The van der Waals surface area contributed by atoms with Crippen molar-refractivity contribution in [3.8, 4) is 0 Å². The molecule has 1 unspecified atom stereocenters. The van der Waals surface area contributed by atoms with Crippen LogP contribution in [0.3, 0.4) is 0 Å². The number of H-pyrrole nitrogens is 1. The van der Waals surface area contributed by atoms with E-state index >= 15 is 0 Å². The molecule has 108 valence electrons. The van der Waals surface area contributed by atoms with Gasteiger partial charge in [0.05, 0.1) is 11.6 Å². The summed E-state index contributed by atoms with van der Waals surface area (Å²) in [4.78, 5) is 19.9. The standard InChI is InChI=1S/C16H18N4O/c1-3-13(15-17-8-9-18-15)19-16(21)12-10-20(2)14-7-5-4-6-11(12)14/h4-10,13H,3H2,1-2H3,(H,17,18)(H,19,21). The number of aromatic nitrogens is 3. The predicted molar refractivity (Wildman–Crippen MR) is 82.0 cm³/mol. The van der Waals surface area contributed by atoms with E-state index < -0.39 is 0 Å². The zero-order chi connectivity index (χ0) is 14.8. The minimum atomic E-state index is -0.105. The lowest BCUT2D eigenvalue weighted by Crippen LogP contribution is -2.28. The van der Waals surface area contributed by atoms with Crippen molar-refractivity contribution in [3.05, 3.63) is 54.2 Å². The second kappa shape index (κ2) is 5.44. The first-order valence-electron chi connectivity index (χ1n) is 7.05. The second-order valence-electron chi connectivity index (χ2n) is 5.08. The summed E-state index contributed by atoms with van der Waals surface area (Å²) in [6, 6.07) is 7.80. The molecular formula is C16H18N4O. The number of rotatable bonds is 4. The van der Waals surface area contributed by atoms with E-state index in [0.29, 0.717) is 5.56 Å². The van der Waals surface area contributed by atoms with Crippen LogP contribution in [-0.4, -0.2) is 20.4 Å². The van der Waals surface area contributed by atoms with Gasteiger partial charge in [0.2, 0.25) is 0 Å². The van der Waals surface area contributed by atoms with Crippen LogP contribution in [0.1, 0.15) is 35.6 Å². The maximum absolute atomic E-state index is 12.6. The van der Waals surface area contributed by atoms with Crippen LogP contribution >= 0.6 is 0 Å². The third-order valence-corrected chi connectivity index (χ3v) is 3.70. The quantitative estimate of drug-likeness (QED) is 0.773. The minimum absolute atomic E-state index is 0.0740. The Bertz CT molecular complexity index is 758. The Morgan fingerprint density at radius 1 is 1.43 bits per heavy atom. The Hall–Kier alpha value is -2.56. The number of carbonyl (C=O) groups is 1. The number of nitrogens with zero attached hydrogens (tertiary/aromatic N) is 2. The van der Waals surface area contributed by atoms with E-state index in [-0.39, 0.29) is 11.9 Å². The maximum Gasteiger partial charge on any atom is 0.254 e. The van der Waals surface area contributed by atoms with Crippen molar-refractivity contribution in [2.24, 2.45) is 7.05 Å². The fraction of sp³-hybridized carbons (Fsp3) is 0.250. The maximum atomic E-state index is 12.6. The van der Waals surface area contributed by atoms with Gasteiger partial charge in [0.1, 0.15) is 5.82 Å². The van der Waals surface area contributed by atoms with Crippen LogP contribution < -0.4 is 5.32 Å². The monoisotopic (exact) mass is 282 g/mol. The minimum Gasteiger partial charge on any atom is -0.350 e. The number of amides is 1. The molecule has 0 saturated heterocycles. The summed E-state index contributed by atoms with van der Waals surface area (Å²) in [7, 11) is 1.95. The summed E-state index contributed by atoms with van der Waals surface area (Å²) in [6.07, 6.45) is 6.11. The molecule has 1 amide bonds. The Balaban J connectivity index is 1.90. The summed E-state index contributed by atoms with van der Waals surface area (Å²) >= 11 is 0. The van der Waals surface area contributed by atoms with Crippen LogP contribution in [0, 0.1) is 0 Å². The molecule has 0 aliphatic rings. The van der Waals surface area contributed by atoms with E-state index in [4.69, 9.17) is 0 Å². The van der Waals surface area contributed by atoms with Crippen molar-refractivity contribution in [1.82, 2.24) is 19.9 Å². The van der Waals surface area contributed by atoms with Gasteiger partial charge < -0.3 is 14.9 Å². The zero-order valence-electron chi connectivity index (χ0n) is 12.1. The predicted octanol–water partition coefficient (Wildman–Crippen LogP) is 2.78. The molecule has 2 N–H and O–H groups in total. The van der Waals surface area contributed by atoms with Crippen molar-refractivity contribution >= 4 is 16.8 Å². The lowest BCUT2D eigenvalue weighted by atomic mass is 10.1. The number of nitrogens with one attached hydrogen (secondary N) is 2. The van der Waals surface area contributed by atoms with Gasteiger partial charge in [-0.05, 0) is 12.5 Å². The second-order valence-corrected chi connectivity index (χ2v) is 5.08. The van der Waals surface area contributed by atoms with Gasteiger partial charge in [0, 0.05) is 36.5 Å². The summed E-state index contributed by atoms with van der Waals surface area (Å²) in [6.45, 7) is 2.02. The lowest BCUT2D eigenvalue weighted by molar-refractivity contribution is 0.0935. The SMILES string of the molecule is CCC(NC(=O)c1cn(C)c2ccccc12)c1ncc[nH]1. The van der Waals surface area contributed by atoms with E-state index in [9.17, 15) is 4.79 Å². The van der Waals surface area contributed by atoms with Crippen LogP contribution in [0.5, 0.6) is 0 Å². The molecule has 0 radical (unpaired) electrons. The average Bonchev–Trinajstić information content (AvgIpc) is 3.13. The van der Waals surface area contributed by atoms with E-state index in [0.717, 1.165) is 23.1 Å². The third kappa shape index (κ3) is 2.42. The van der Waals surface area contributed by atoms with Gasteiger partial charge in [0.25, 0.3) is 5.91 Å². The zero-order valence-corrected chi connectivity index (χ0v) is 12.1. The Morgan fingerprint density at radius 2 is 2.24 bits per heavy atom. The molecule has 3 aromatic rings. The molecule has 3 rings (SSSR count). The first-order chi connectivity index (χ1) is 10.2. The highest BCUT2D eigenvalue weighted by Gasteiger charge is 2.19. The molecule has 0 spiro atoms. The summed E-state index contributed by atoms with van der Waals surface area (Å²) < 4.78 is 1.97. The lowest BCUT2D eigenvalue weighted by Gasteiger charge is -2.14. The number of aryl methyl sites for hydroxylation is 1. The molecule has 2 heterocycles. The van der Waals surface area contributed by atoms with E-state index in [1.165, 1.54) is 0 Å². The van der Waals surface area contributed by atoms with Gasteiger partial charge in [-0.15, -0.1) is 0 Å². The normalized spacial score (nSPS) is 12.5. The van der Waals surface area contributed by atoms with Gasteiger partial charge in [-0.2, -0.15) is 0 Å². The molecule has 0 aliphatic carbocycles. The highest BCUT2D eigenvalue weighted by Crippen LogP contribution is 2.21. The molecule has 21 heavy (non-hydrogen) atoms. The van der Waals surface area contributed by atoms with Crippen molar-refractivity contribution < 1.29 is 4.79 Å². The number of benzene rings is 1. The van der Waals surface area contributed by atoms with Crippen molar-refractivity contribution in [1.29, 1.82) is 0 Å². The third-order valence-electron chi connectivity index (χ3n) is 3.70. The largest absolute Gasteiger partial charge is 0.350 e. The molecule has 0 fully saturated rings. The number of fused-ring (bicyclic) bond motifs is 1. The van der Waals surface area contributed by atoms with Crippen LogP contribution in [-0.2, 0) is 7.05 Å². The van der Waals surface area contributed by atoms with Crippen molar-refractivity contribution in [3.63, 3.8) is 0 Å². The molecule has 2 aromatic heterocycles. The Labute approximate surface area is 123 Å². The number of hydrogen-bond acceptors (Lipinski definition) is 2. The van der Waals surface area contributed by atoms with Gasteiger partial charge in [-0.1, -0.05) is 25.1 Å². The number of aromatic amines is 1. The molecule has 0 aliphatic heterocycles. The molecule has 5 heteroatoms. The molecule has 5 nitrogen and oxygen atoms in total. The van der Waals surface area contributed by atoms with Crippen LogP contribution in [0.25, 0.3) is 10.9 Å². The van der Waals surface area contributed by atoms with E-state index in [1.54, 1.807) is 12.4 Å². The fourth-order valence-electron chi connectivity index (χ4n) is 2.59. The van der Waals surface area contributed by atoms with Crippen LogP contribution in [0.4, 0.5) is 0 Å². The van der Waals surface area contributed by atoms with Crippen molar-refractivity contribution in [2.75, 3.05) is 0 Å². The molecular weight excluding hydrogens is 264 g/mol. The number of carbonyl (C=O) groups excluding carboxylic acids is 1. The highest BCUT2D eigenvalue weighted by molar-refractivity contribution is 6.07. The Morgan fingerprint density at radius 3 is 2.95 bits per heavy atom.